The Morgan fingerprint density at radius 2 is 2.04 bits per heavy atom. The molecular weight excluding hydrogens is 366 g/mol. The van der Waals surface area contributed by atoms with Crippen molar-refractivity contribution in [1.29, 1.82) is 0 Å². The number of benzene rings is 1. The zero-order chi connectivity index (χ0) is 19.7. The van der Waals surface area contributed by atoms with Crippen LogP contribution in [-0.4, -0.2) is 21.5 Å². The fourth-order valence-corrected chi connectivity index (χ4v) is 4.71. The second-order valence-electron chi connectivity index (χ2n) is 7.92. The number of nitrogens with two attached hydrogens (primary N) is 1. The lowest BCUT2D eigenvalue weighted by Crippen LogP contribution is -2.48. The lowest BCUT2D eigenvalue weighted by molar-refractivity contribution is 0.324. The zero-order valence-corrected chi connectivity index (χ0v) is 17.0. The minimum absolute atomic E-state index is 0.0186. The van der Waals surface area contributed by atoms with E-state index in [1.807, 2.05) is 30.5 Å². The monoisotopic (exact) mass is 391 g/mol. The number of hydrogen-bond acceptors (Lipinski definition) is 6. The highest BCUT2D eigenvalue weighted by Crippen LogP contribution is 2.34. The molecule has 144 valence electrons. The SMILES string of the molecule is C=C1CC(Nc2nccc(-c3ccc(-c4cccc(N)c4)s3)n2)CC(C)(C)N1. The molecule has 0 saturated carbocycles. The Labute approximate surface area is 169 Å². The first-order valence-corrected chi connectivity index (χ1v) is 10.2. The minimum atomic E-state index is 0.0186. The van der Waals surface area contributed by atoms with E-state index >= 15 is 0 Å². The second kappa shape index (κ2) is 7.28. The predicted molar refractivity (Wildman–Crippen MR) is 118 cm³/mol. The summed E-state index contributed by atoms with van der Waals surface area (Å²) in [6.45, 7) is 8.48. The summed E-state index contributed by atoms with van der Waals surface area (Å²) in [5.41, 5.74) is 9.80. The quantitative estimate of drug-likeness (QED) is 0.551. The van der Waals surface area contributed by atoms with Crippen molar-refractivity contribution in [3.63, 3.8) is 0 Å². The molecule has 0 bridgehead atoms. The standard InChI is InChI=1S/C22H25N5S/c1-14-11-17(13-22(2,3)27-14)25-21-24-10-9-18(26-21)20-8-7-19(28-20)15-5-4-6-16(23)12-15/h4-10,12,17,27H,1,11,13,23H2,2-3H3,(H,24,25,26). The Bertz CT molecular complexity index is 1010. The molecule has 3 aromatic rings. The average Bonchev–Trinajstić information content (AvgIpc) is 3.10. The molecule has 1 atom stereocenters. The Morgan fingerprint density at radius 3 is 2.82 bits per heavy atom. The van der Waals surface area contributed by atoms with Crippen molar-refractivity contribution >= 4 is 23.0 Å². The first-order valence-electron chi connectivity index (χ1n) is 9.40. The highest BCUT2D eigenvalue weighted by atomic mass is 32.1. The first-order chi connectivity index (χ1) is 13.4. The van der Waals surface area contributed by atoms with Crippen molar-refractivity contribution < 1.29 is 0 Å². The van der Waals surface area contributed by atoms with Crippen molar-refractivity contribution in [2.75, 3.05) is 11.1 Å². The molecule has 1 saturated heterocycles. The Balaban J connectivity index is 1.54. The van der Waals surface area contributed by atoms with E-state index in [1.165, 1.54) is 4.88 Å². The molecule has 6 heteroatoms. The third-order valence-electron chi connectivity index (χ3n) is 4.78. The van der Waals surface area contributed by atoms with E-state index in [0.29, 0.717) is 5.95 Å². The van der Waals surface area contributed by atoms with Crippen LogP contribution in [0.3, 0.4) is 0 Å². The smallest absolute Gasteiger partial charge is 0.223 e. The molecular formula is C22H25N5S. The molecule has 2 aromatic heterocycles. The van der Waals surface area contributed by atoms with Crippen LogP contribution in [0.15, 0.2) is 60.9 Å². The lowest BCUT2D eigenvalue weighted by Gasteiger charge is -2.38. The third kappa shape index (κ3) is 4.17. The molecule has 1 aromatic carbocycles. The maximum atomic E-state index is 5.92. The van der Waals surface area contributed by atoms with Crippen LogP contribution in [0.25, 0.3) is 21.0 Å². The van der Waals surface area contributed by atoms with Crippen LogP contribution in [0.5, 0.6) is 0 Å². The number of aromatic nitrogens is 2. The highest BCUT2D eigenvalue weighted by molar-refractivity contribution is 7.18. The average molecular weight is 392 g/mol. The molecule has 0 radical (unpaired) electrons. The van der Waals surface area contributed by atoms with Gasteiger partial charge in [-0.15, -0.1) is 11.3 Å². The summed E-state index contributed by atoms with van der Waals surface area (Å²) >= 11 is 1.70. The van der Waals surface area contributed by atoms with Gasteiger partial charge < -0.3 is 16.4 Å². The molecule has 28 heavy (non-hydrogen) atoms. The van der Waals surface area contributed by atoms with E-state index in [0.717, 1.165) is 40.4 Å². The molecule has 0 amide bonds. The van der Waals surface area contributed by atoms with Crippen LogP contribution in [0.1, 0.15) is 26.7 Å². The number of nitrogen functional groups attached to an aromatic ring is 1. The van der Waals surface area contributed by atoms with Gasteiger partial charge in [-0.1, -0.05) is 18.7 Å². The van der Waals surface area contributed by atoms with Gasteiger partial charge in [0, 0.05) is 40.5 Å². The van der Waals surface area contributed by atoms with Gasteiger partial charge in [0.2, 0.25) is 5.95 Å². The van der Waals surface area contributed by atoms with Crippen molar-refractivity contribution in [2.24, 2.45) is 0 Å². The van der Waals surface area contributed by atoms with Gasteiger partial charge in [-0.2, -0.15) is 0 Å². The van der Waals surface area contributed by atoms with E-state index in [-0.39, 0.29) is 11.6 Å². The van der Waals surface area contributed by atoms with E-state index in [2.05, 4.69) is 54.2 Å². The summed E-state index contributed by atoms with van der Waals surface area (Å²) in [5.74, 6) is 0.659. The van der Waals surface area contributed by atoms with Crippen LogP contribution in [0.4, 0.5) is 11.6 Å². The summed E-state index contributed by atoms with van der Waals surface area (Å²) < 4.78 is 0. The van der Waals surface area contributed by atoms with Gasteiger partial charge in [-0.05, 0) is 56.2 Å². The predicted octanol–water partition coefficient (Wildman–Crippen LogP) is 4.91. The van der Waals surface area contributed by atoms with Gasteiger partial charge in [0.25, 0.3) is 0 Å². The molecule has 5 nitrogen and oxygen atoms in total. The summed E-state index contributed by atoms with van der Waals surface area (Å²) in [4.78, 5) is 11.5. The first kappa shape index (κ1) is 18.5. The fourth-order valence-electron chi connectivity index (χ4n) is 3.74. The van der Waals surface area contributed by atoms with Crippen molar-refractivity contribution in [3.8, 4) is 21.0 Å². The van der Waals surface area contributed by atoms with Crippen LogP contribution in [0.2, 0.25) is 0 Å². The van der Waals surface area contributed by atoms with Gasteiger partial charge in [-0.25, -0.2) is 9.97 Å². The van der Waals surface area contributed by atoms with Crippen LogP contribution >= 0.6 is 11.3 Å². The molecule has 0 spiro atoms. The van der Waals surface area contributed by atoms with Gasteiger partial charge >= 0.3 is 0 Å². The molecule has 0 aliphatic carbocycles. The topological polar surface area (TPSA) is 75.9 Å². The molecule has 1 aliphatic heterocycles. The number of rotatable bonds is 4. The Hall–Kier alpha value is -2.86. The molecule has 1 fully saturated rings. The maximum absolute atomic E-state index is 5.92. The van der Waals surface area contributed by atoms with Crippen molar-refractivity contribution in [2.45, 2.75) is 38.3 Å². The third-order valence-corrected chi connectivity index (χ3v) is 5.94. The summed E-state index contributed by atoms with van der Waals surface area (Å²) in [5, 5.41) is 6.94. The number of hydrogen-bond donors (Lipinski definition) is 3. The maximum Gasteiger partial charge on any atom is 0.223 e. The highest BCUT2D eigenvalue weighted by Gasteiger charge is 2.29. The normalized spacial score (nSPS) is 18.5. The molecule has 4 N–H and O–H groups in total. The van der Waals surface area contributed by atoms with E-state index in [1.54, 1.807) is 11.3 Å². The molecule has 1 aliphatic rings. The minimum Gasteiger partial charge on any atom is -0.399 e. The van der Waals surface area contributed by atoms with Crippen LogP contribution < -0.4 is 16.4 Å². The van der Waals surface area contributed by atoms with Crippen LogP contribution in [0, 0.1) is 0 Å². The molecule has 4 rings (SSSR count). The number of thiophene rings is 1. The lowest BCUT2D eigenvalue weighted by atomic mass is 9.88. The second-order valence-corrected chi connectivity index (χ2v) is 9.00. The summed E-state index contributed by atoms with van der Waals surface area (Å²) in [7, 11) is 0. The summed E-state index contributed by atoms with van der Waals surface area (Å²) in [6, 6.07) is 14.4. The van der Waals surface area contributed by atoms with E-state index < -0.39 is 0 Å². The van der Waals surface area contributed by atoms with Gasteiger partial charge in [-0.3, -0.25) is 0 Å². The largest absolute Gasteiger partial charge is 0.399 e. The number of anilines is 2. The van der Waals surface area contributed by atoms with Gasteiger partial charge in [0.15, 0.2) is 0 Å². The Kier molecular flexibility index (Phi) is 4.81. The number of nitrogens with one attached hydrogen (secondary N) is 2. The molecule has 1 unspecified atom stereocenters. The summed E-state index contributed by atoms with van der Waals surface area (Å²) in [6.07, 6.45) is 3.67. The van der Waals surface area contributed by atoms with Gasteiger partial charge in [0.1, 0.15) is 0 Å². The van der Waals surface area contributed by atoms with Crippen molar-refractivity contribution in [1.82, 2.24) is 15.3 Å². The van der Waals surface area contributed by atoms with E-state index in [9.17, 15) is 0 Å². The zero-order valence-electron chi connectivity index (χ0n) is 16.2. The van der Waals surface area contributed by atoms with Crippen molar-refractivity contribution in [3.05, 3.63) is 60.9 Å². The van der Waals surface area contributed by atoms with Crippen LogP contribution in [-0.2, 0) is 0 Å². The van der Waals surface area contributed by atoms with Gasteiger partial charge in [0.05, 0.1) is 10.6 Å². The number of piperidine rings is 1. The van der Waals surface area contributed by atoms with E-state index in [4.69, 9.17) is 10.7 Å². The Morgan fingerprint density at radius 1 is 1.21 bits per heavy atom. The molecule has 3 heterocycles. The fraction of sp³-hybridized carbons (Fsp3) is 0.273. The number of nitrogens with zero attached hydrogens (tertiary/aromatic N) is 2.